The number of carbonyl (C=O) groups is 1. The molecule has 2 rings (SSSR count). The van der Waals surface area contributed by atoms with Crippen LogP contribution in [0, 0.1) is 5.82 Å². The Morgan fingerprint density at radius 3 is 3.00 bits per heavy atom. The van der Waals surface area contributed by atoms with Crippen LogP contribution in [0.2, 0.25) is 0 Å². The van der Waals surface area contributed by atoms with E-state index >= 15 is 0 Å². The largest absolute Gasteiger partial charge is 0.287 e. The molecule has 94 valence electrons. The maximum absolute atomic E-state index is 13.7. The zero-order valence-electron chi connectivity index (χ0n) is 9.61. The quantitative estimate of drug-likeness (QED) is 0.805. The molecule has 0 radical (unpaired) electrons. The Bertz CT molecular complexity index is 585. The molecule has 1 aromatic carbocycles. The summed E-state index contributed by atoms with van der Waals surface area (Å²) in [6, 6.07) is 4.31. The third-order valence-electron chi connectivity index (χ3n) is 2.42. The highest BCUT2D eigenvalue weighted by Gasteiger charge is 2.20. The van der Waals surface area contributed by atoms with Gasteiger partial charge in [0.2, 0.25) is 5.78 Å². The number of rotatable bonds is 4. The standard InChI is InChI=1S/C12H10BrFN2OS/c1-2-3-10-12(18-16-15-10)11(17)8-6-7(13)4-5-9(8)14/h4-6H,2-3H2,1H3. The molecule has 0 aliphatic heterocycles. The van der Waals surface area contributed by atoms with Crippen LogP contribution in [0.4, 0.5) is 4.39 Å². The fourth-order valence-corrected chi connectivity index (χ4v) is 2.60. The molecule has 18 heavy (non-hydrogen) atoms. The van der Waals surface area contributed by atoms with Gasteiger partial charge in [-0.2, -0.15) is 0 Å². The lowest BCUT2D eigenvalue weighted by Crippen LogP contribution is -2.05. The molecule has 3 nitrogen and oxygen atoms in total. The summed E-state index contributed by atoms with van der Waals surface area (Å²) in [5.74, 6) is -0.883. The Balaban J connectivity index is 2.41. The van der Waals surface area contributed by atoms with Crippen LogP contribution >= 0.6 is 27.5 Å². The second-order valence-corrected chi connectivity index (χ2v) is 5.42. The van der Waals surface area contributed by atoms with Crippen molar-refractivity contribution in [3.8, 4) is 0 Å². The van der Waals surface area contributed by atoms with Crippen molar-refractivity contribution in [1.29, 1.82) is 0 Å². The van der Waals surface area contributed by atoms with Gasteiger partial charge < -0.3 is 0 Å². The first-order chi connectivity index (χ1) is 8.63. The van der Waals surface area contributed by atoms with Crippen molar-refractivity contribution in [2.45, 2.75) is 19.8 Å². The zero-order valence-corrected chi connectivity index (χ0v) is 12.0. The highest BCUT2D eigenvalue weighted by Crippen LogP contribution is 2.22. The van der Waals surface area contributed by atoms with Crippen molar-refractivity contribution in [3.63, 3.8) is 0 Å². The minimum absolute atomic E-state index is 0.0489. The van der Waals surface area contributed by atoms with Gasteiger partial charge in [-0.25, -0.2) is 4.39 Å². The second kappa shape index (κ2) is 5.67. The Kier molecular flexibility index (Phi) is 4.19. The van der Waals surface area contributed by atoms with Gasteiger partial charge in [0, 0.05) is 4.47 Å². The fraction of sp³-hybridized carbons (Fsp3) is 0.250. The van der Waals surface area contributed by atoms with E-state index in [1.807, 2.05) is 6.92 Å². The average molecular weight is 329 g/mol. The van der Waals surface area contributed by atoms with Gasteiger partial charge in [0.15, 0.2) is 0 Å². The van der Waals surface area contributed by atoms with Gasteiger partial charge in [-0.3, -0.25) is 4.79 Å². The Labute approximate surface area is 116 Å². The number of aromatic nitrogens is 2. The summed E-state index contributed by atoms with van der Waals surface area (Å²) in [7, 11) is 0. The van der Waals surface area contributed by atoms with Crippen LogP contribution in [-0.2, 0) is 6.42 Å². The summed E-state index contributed by atoms with van der Waals surface area (Å²) in [6.45, 7) is 1.99. The van der Waals surface area contributed by atoms with E-state index < -0.39 is 5.82 Å². The van der Waals surface area contributed by atoms with Gasteiger partial charge in [0.05, 0.1) is 11.3 Å². The summed E-state index contributed by atoms with van der Waals surface area (Å²) in [5.41, 5.74) is 0.694. The van der Waals surface area contributed by atoms with Crippen LogP contribution in [-0.4, -0.2) is 15.4 Å². The molecule has 1 heterocycles. The molecule has 0 spiro atoms. The van der Waals surface area contributed by atoms with Gasteiger partial charge >= 0.3 is 0 Å². The topological polar surface area (TPSA) is 42.9 Å². The molecule has 0 N–H and O–H groups in total. The van der Waals surface area contributed by atoms with Gasteiger partial charge in [0.1, 0.15) is 10.7 Å². The van der Waals surface area contributed by atoms with Crippen LogP contribution in [0.3, 0.4) is 0 Å². The number of hydrogen-bond acceptors (Lipinski definition) is 4. The maximum atomic E-state index is 13.7. The summed E-state index contributed by atoms with van der Waals surface area (Å²) in [5, 5.41) is 3.92. The first-order valence-electron chi connectivity index (χ1n) is 5.44. The van der Waals surface area contributed by atoms with E-state index in [4.69, 9.17) is 0 Å². The van der Waals surface area contributed by atoms with Crippen molar-refractivity contribution < 1.29 is 9.18 Å². The third-order valence-corrected chi connectivity index (χ3v) is 3.68. The summed E-state index contributed by atoms with van der Waals surface area (Å²) in [4.78, 5) is 12.7. The molecular formula is C12H10BrFN2OS. The summed E-state index contributed by atoms with van der Waals surface area (Å²) in [6.07, 6.45) is 1.54. The molecule has 6 heteroatoms. The number of aryl methyl sites for hydroxylation is 1. The van der Waals surface area contributed by atoms with E-state index in [2.05, 4.69) is 25.5 Å². The van der Waals surface area contributed by atoms with Crippen molar-refractivity contribution in [2.24, 2.45) is 0 Å². The van der Waals surface area contributed by atoms with E-state index in [0.29, 0.717) is 21.5 Å². The molecule has 0 aliphatic carbocycles. The molecule has 0 atom stereocenters. The Morgan fingerprint density at radius 1 is 1.50 bits per heavy atom. The number of nitrogens with zero attached hydrogens (tertiary/aromatic N) is 2. The monoisotopic (exact) mass is 328 g/mol. The van der Waals surface area contributed by atoms with E-state index in [1.165, 1.54) is 12.1 Å². The first-order valence-corrected chi connectivity index (χ1v) is 7.01. The minimum Gasteiger partial charge on any atom is -0.287 e. The SMILES string of the molecule is CCCc1nnsc1C(=O)c1cc(Br)ccc1F. The average Bonchev–Trinajstić information content (AvgIpc) is 2.80. The molecule has 0 saturated carbocycles. The van der Waals surface area contributed by atoms with Crippen LogP contribution in [0.25, 0.3) is 0 Å². The molecule has 0 saturated heterocycles. The van der Waals surface area contributed by atoms with Crippen LogP contribution in [0.15, 0.2) is 22.7 Å². The molecule has 0 fully saturated rings. The van der Waals surface area contributed by atoms with Crippen molar-refractivity contribution in [3.05, 3.63) is 44.6 Å². The highest BCUT2D eigenvalue weighted by atomic mass is 79.9. The van der Waals surface area contributed by atoms with Crippen LogP contribution in [0.5, 0.6) is 0 Å². The van der Waals surface area contributed by atoms with Crippen LogP contribution < -0.4 is 0 Å². The Morgan fingerprint density at radius 2 is 2.28 bits per heavy atom. The predicted molar refractivity (Wildman–Crippen MR) is 71.4 cm³/mol. The van der Waals surface area contributed by atoms with E-state index in [0.717, 1.165) is 18.0 Å². The van der Waals surface area contributed by atoms with Crippen molar-refractivity contribution in [1.82, 2.24) is 9.59 Å². The van der Waals surface area contributed by atoms with Gasteiger partial charge in [-0.1, -0.05) is 33.8 Å². The number of ketones is 1. The first kappa shape index (κ1) is 13.3. The molecule has 0 unspecified atom stereocenters. The van der Waals surface area contributed by atoms with E-state index in [9.17, 15) is 9.18 Å². The lowest BCUT2D eigenvalue weighted by atomic mass is 10.1. The number of hydrogen-bond donors (Lipinski definition) is 0. The zero-order chi connectivity index (χ0) is 13.1. The molecule has 0 bridgehead atoms. The molecule has 0 aliphatic rings. The number of carbonyl (C=O) groups excluding carboxylic acids is 1. The van der Waals surface area contributed by atoms with Crippen molar-refractivity contribution in [2.75, 3.05) is 0 Å². The van der Waals surface area contributed by atoms with E-state index in [-0.39, 0.29) is 11.3 Å². The van der Waals surface area contributed by atoms with E-state index in [1.54, 1.807) is 6.07 Å². The third kappa shape index (κ3) is 2.64. The smallest absolute Gasteiger partial charge is 0.209 e. The van der Waals surface area contributed by atoms with Gasteiger partial charge in [0.25, 0.3) is 0 Å². The molecule has 1 aromatic heterocycles. The lowest BCUT2D eigenvalue weighted by molar-refractivity contribution is 0.103. The normalized spacial score (nSPS) is 10.6. The van der Waals surface area contributed by atoms with Crippen LogP contribution in [0.1, 0.15) is 34.3 Å². The number of benzene rings is 1. The van der Waals surface area contributed by atoms with Crippen molar-refractivity contribution >= 4 is 33.2 Å². The highest BCUT2D eigenvalue weighted by molar-refractivity contribution is 9.10. The van der Waals surface area contributed by atoms with Gasteiger partial charge in [-0.15, -0.1) is 5.10 Å². The lowest BCUT2D eigenvalue weighted by Gasteiger charge is -2.02. The summed E-state index contributed by atoms with van der Waals surface area (Å²) >= 11 is 4.24. The molecule has 0 amide bonds. The predicted octanol–water partition coefficient (Wildman–Crippen LogP) is 3.62. The molecule has 2 aromatic rings. The second-order valence-electron chi connectivity index (χ2n) is 3.75. The molecular weight excluding hydrogens is 319 g/mol. The summed E-state index contributed by atoms with van der Waals surface area (Å²) < 4.78 is 18.1. The van der Waals surface area contributed by atoms with Gasteiger partial charge in [-0.05, 0) is 36.2 Å². The fourth-order valence-electron chi connectivity index (χ4n) is 1.58. The maximum Gasteiger partial charge on any atom is 0.209 e. The number of halogens is 2. The Hall–Kier alpha value is -1.14. The minimum atomic E-state index is -0.529.